The van der Waals surface area contributed by atoms with Crippen LogP contribution in [-0.4, -0.2) is 65.4 Å². The van der Waals surface area contributed by atoms with E-state index in [0.717, 1.165) is 66.5 Å². The van der Waals surface area contributed by atoms with Crippen LogP contribution in [-0.2, 0) is 26.4 Å². The fraction of sp³-hybridized carbons (Fsp3) is 0.545. The van der Waals surface area contributed by atoms with Crippen LogP contribution in [0, 0.1) is 0 Å². The molecule has 2 aliphatic rings. The van der Waals surface area contributed by atoms with Crippen molar-refractivity contribution in [3.8, 4) is 11.5 Å². The number of carbonyl (C=O) groups excluding carboxylic acids is 1. The molecule has 1 amide bonds. The van der Waals surface area contributed by atoms with Crippen LogP contribution in [0.3, 0.4) is 0 Å². The average molecular weight is 431 g/mol. The maximum Gasteiger partial charge on any atom is 0.274 e. The largest absolute Gasteiger partial charge is 0.493 e. The van der Waals surface area contributed by atoms with Crippen molar-refractivity contribution in [1.82, 2.24) is 20.0 Å². The Labute approximate surface area is 182 Å². The minimum Gasteiger partial charge on any atom is -0.493 e. The summed E-state index contributed by atoms with van der Waals surface area (Å²) in [6.07, 6.45) is 2.76. The van der Waals surface area contributed by atoms with Gasteiger partial charge in [0.05, 0.1) is 14.2 Å². The Hall–Kier alpha value is -2.19. The van der Waals surface area contributed by atoms with Crippen molar-refractivity contribution in [2.75, 3.05) is 38.8 Å². The number of para-hydroxylation sites is 1. The van der Waals surface area contributed by atoms with Crippen molar-refractivity contribution in [3.63, 3.8) is 0 Å². The van der Waals surface area contributed by atoms with E-state index in [4.69, 9.17) is 9.47 Å². The zero-order valence-electron chi connectivity index (χ0n) is 17.9. The monoisotopic (exact) mass is 430 g/mol. The van der Waals surface area contributed by atoms with Gasteiger partial charge in [-0.3, -0.25) is 9.48 Å². The SMILES string of the molecule is COc1cccc(CNC2CCc3c(c(C(=O)N4CCSCC4)nn3C)C2)c1OC. The Morgan fingerprint density at radius 1 is 1.27 bits per heavy atom. The van der Waals surface area contributed by atoms with Gasteiger partial charge in [0.2, 0.25) is 0 Å². The molecule has 0 spiro atoms. The molecule has 2 aromatic rings. The molecule has 1 aliphatic carbocycles. The molecule has 0 radical (unpaired) electrons. The highest BCUT2D eigenvalue weighted by atomic mass is 32.2. The molecule has 8 heteroatoms. The number of nitrogens with one attached hydrogen (secondary N) is 1. The number of hydrogen-bond donors (Lipinski definition) is 1. The van der Waals surface area contributed by atoms with Gasteiger partial charge in [-0.15, -0.1) is 0 Å². The second-order valence-corrected chi connectivity index (χ2v) is 9.00. The van der Waals surface area contributed by atoms with Gasteiger partial charge < -0.3 is 19.7 Å². The Morgan fingerprint density at radius 3 is 2.80 bits per heavy atom. The van der Waals surface area contributed by atoms with Crippen molar-refractivity contribution in [2.45, 2.75) is 31.8 Å². The summed E-state index contributed by atoms with van der Waals surface area (Å²) in [7, 11) is 5.27. The Kier molecular flexibility index (Phi) is 6.53. The predicted octanol–water partition coefficient (Wildman–Crippen LogP) is 2.27. The van der Waals surface area contributed by atoms with E-state index >= 15 is 0 Å². The van der Waals surface area contributed by atoms with Crippen LogP contribution >= 0.6 is 11.8 Å². The van der Waals surface area contributed by atoms with Crippen LogP contribution in [0.15, 0.2) is 18.2 Å². The Bertz CT molecular complexity index is 908. The number of aromatic nitrogens is 2. The Morgan fingerprint density at radius 2 is 2.07 bits per heavy atom. The first-order valence-corrected chi connectivity index (χ1v) is 11.6. The zero-order valence-corrected chi connectivity index (χ0v) is 18.8. The van der Waals surface area contributed by atoms with Crippen LogP contribution in [0.25, 0.3) is 0 Å². The number of benzene rings is 1. The third-order valence-electron chi connectivity index (χ3n) is 6.02. The maximum absolute atomic E-state index is 13.1. The molecule has 0 saturated carbocycles. The number of amides is 1. The quantitative estimate of drug-likeness (QED) is 0.758. The second-order valence-electron chi connectivity index (χ2n) is 7.78. The van der Waals surface area contributed by atoms with Crippen LogP contribution < -0.4 is 14.8 Å². The molecule has 1 fully saturated rings. The number of fused-ring (bicyclic) bond motifs is 1. The summed E-state index contributed by atoms with van der Waals surface area (Å²) in [4.78, 5) is 15.1. The first kappa shape index (κ1) is 21.1. The molecule has 1 aliphatic heterocycles. The highest BCUT2D eigenvalue weighted by molar-refractivity contribution is 7.99. The van der Waals surface area contributed by atoms with Gasteiger partial charge in [0.15, 0.2) is 17.2 Å². The lowest BCUT2D eigenvalue weighted by Gasteiger charge is -2.27. The summed E-state index contributed by atoms with van der Waals surface area (Å²) in [5.74, 6) is 3.61. The number of nitrogens with zero attached hydrogens (tertiary/aromatic N) is 3. The number of ether oxygens (including phenoxy) is 2. The van der Waals surface area contributed by atoms with Crippen molar-refractivity contribution in [3.05, 3.63) is 40.7 Å². The smallest absolute Gasteiger partial charge is 0.274 e. The molecule has 1 saturated heterocycles. The average Bonchev–Trinajstić information content (AvgIpc) is 3.13. The molecule has 4 rings (SSSR count). The second kappa shape index (κ2) is 9.31. The van der Waals surface area contributed by atoms with Gasteiger partial charge in [-0.25, -0.2) is 0 Å². The first-order valence-electron chi connectivity index (χ1n) is 10.5. The van der Waals surface area contributed by atoms with E-state index in [1.807, 2.05) is 40.5 Å². The van der Waals surface area contributed by atoms with Gasteiger partial charge in [-0.2, -0.15) is 16.9 Å². The number of hydrogen-bond acceptors (Lipinski definition) is 6. The van der Waals surface area contributed by atoms with Crippen LogP contribution in [0.1, 0.15) is 33.7 Å². The lowest BCUT2D eigenvalue weighted by Crippen LogP contribution is -2.39. The van der Waals surface area contributed by atoms with Crippen molar-refractivity contribution < 1.29 is 14.3 Å². The van der Waals surface area contributed by atoms with E-state index in [0.29, 0.717) is 18.3 Å². The van der Waals surface area contributed by atoms with Gasteiger partial charge in [-0.05, 0) is 25.3 Å². The van der Waals surface area contributed by atoms with Crippen molar-refractivity contribution in [2.24, 2.45) is 7.05 Å². The van der Waals surface area contributed by atoms with E-state index in [1.54, 1.807) is 14.2 Å². The van der Waals surface area contributed by atoms with E-state index in [1.165, 1.54) is 5.69 Å². The van der Waals surface area contributed by atoms with E-state index in [9.17, 15) is 4.79 Å². The zero-order chi connectivity index (χ0) is 21.1. The summed E-state index contributed by atoms with van der Waals surface area (Å²) >= 11 is 1.91. The summed E-state index contributed by atoms with van der Waals surface area (Å²) < 4.78 is 12.9. The molecular weight excluding hydrogens is 400 g/mol. The third kappa shape index (κ3) is 4.16. The number of methoxy groups -OCH3 is 2. The normalized spacial score (nSPS) is 18.8. The summed E-state index contributed by atoms with van der Waals surface area (Å²) in [6, 6.07) is 6.23. The number of thioether (sulfide) groups is 1. The Balaban J connectivity index is 1.48. The molecule has 1 N–H and O–H groups in total. The standard InChI is InChI=1S/C22H30N4O3S/c1-25-18-8-7-16(23-14-15-5-4-6-19(28-2)21(15)29-3)13-17(18)20(24-25)22(27)26-9-11-30-12-10-26/h4-6,16,23H,7-14H2,1-3H3. The minimum absolute atomic E-state index is 0.0854. The highest BCUT2D eigenvalue weighted by Crippen LogP contribution is 2.31. The number of aryl methyl sites for hydroxylation is 1. The van der Waals surface area contributed by atoms with Gasteiger partial charge in [-0.1, -0.05) is 12.1 Å². The van der Waals surface area contributed by atoms with E-state index in [2.05, 4.69) is 16.5 Å². The molecule has 0 bridgehead atoms. The van der Waals surface area contributed by atoms with Crippen LogP contribution in [0.2, 0.25) is 0 Å². The molecule has 1 aromatic heterocycles. The van der Waals surface area contributed by atoms with Crippen LogP contribution in [0.5, 0.6) is 11.5 Å². The first-order chi connectivity index (χ1) is 14.6. The van der Waals surface area contributed by atoms with Gasteiger partial charge in [0.25, 0.3) is 5.91 Å². The summed E-state index contributed by atoms with van der Waals surface area (Å²) in [5.41, 5.74) is 4.02. The number of rotatable bonds is 6. The molecule has 30 heavy (non-hydrogen) atoms. The van der Waals surface area contributed by atoms with Gasteiger partial charge in [0.1, 0.15) is 0 Å². The minimum atomic E-state index is 0.0854. The number of carbonyl (C=O) groups is 1. The maximum atomic E-state index is 13.1. The predicted molar refractivity (Wildman–Crippen MR) is 119 cm³/mol. The third-order valence-corrected chi connectivity index (χ3v) is 6.96. The topological polar surface area (TPSA) is 68.6 Å². The lowest BCUT2D eigenvalue weighted by molar-refractivity contribution is 0.0764. The fourth-order valence-corrected chi connectivity index (χ4v) is 5.30. The van der Waals surface area contributed by atoms with Gasteiger partial charge in [0, 0.05) is 61.1 Å². The molecular formula is C22H30N4O3S. The summed E-state index contributed by atoms with van der Waals surface area (Å²) in [5, 5.41) is 8.28. The highest BCUT2D eigenvalue weighted by Gasteiger charge is 2.31. The van der Waals surface area contributed by atoms with Crippen molar-refractivity contribution in [1.29, 1.82) is 0 Å². The summed E-state index contributed by atoms with van der Waals surface area (Å²) in [6.45, 7) is 2.31. The lowest BCUT2D eigenvalue weighted by atomic mass is 9.91. The van der Waals surface area contributed by atoms with E-state index < -0.39 is 0 Å². The molecule has 1 aromatic carbocycles. The molecule has 1 atom stereocenters. The molecule has 7 nitrogen and oxygen atoms in total. The fourth-order valence-electron chi connectivity index (χ4n) is 4.40. The van der Waals surface area contributed by atoms with E-state index in [-0.39, 0.29) is 5.91 Å². The molecule has 2 heterocycles. The molecule has 162 valence electrons. The van der Waals surface area contributed by atoms with Crippen LogP contribution in [0.4, 0.5) is 0 Å². The van der Waals surface area contributed by atoms with Crippen molar-refractivity contribution >= 4 is 17.7 Å². The van der Waals surface area contributed by atoms with Gasteiger partial charge >= 0.3 is 0 Å². The molecule has 1 unspecified atom stereocenters.